The van der Waals surface area contributed by atoms with Crippen LogP contribution in [0.1, 0.15) is 38.9 Å². The molecule has 0 radical (unpaired) electrons. The number of hydrogen-bond acceptors (Lipinski definition) is 2. The molecule has 2 unspecified atom stereocenters. The van der Waals surface area contributed by atoms with E-state index >= 15 is 0 Å². The van der Waals surface area contributed by atoms with Gasteiger partial charge in [0, 0.05) is 24.3 Å². The summed E-state index contributed by atoms with van der Waals surface area (Å²) in [5, 5.41) is 9.77. The molecule has 1 saturated heterocycles. The molecule has 1 aliphatic heterocycles. The summed E-state index contributed by atoms with van der Waals surface area (Å²) in [5.41, 5.74) is 1.67. The van der Waals surface area contributed by atoms with E-state index in [1.807, 2.05) is 0 Å². The van der Waals surface area contributed by atoms with Crippen molar-refractivity contribution in [2.75, 3.05) is 18.0 Å². The average molecular weight is 251 g/mol. The van der Waals surface area contributed by atoms with E-state index in [0.29, 0.717) is 17.4 Å². The van der Waals surface area contributed by atoms with Crippen molar-refractivity contribution in [1.29, 1.82) is 0 Å². The van der Waals surface area contributed by atoms with Crippen LogP contribution in [-0.4, -0.2) is 18.2 Å². The summed E-state index contributed by atoms with van der Waals surface area (Å²) in [6.45, 7) is 8.17. The zero-order chi connectivity index (χ0) is 13.3. The van der Waals surface area contributed by atoms with Gasteiger partial charge < -0.3 is 10.0 Å². The van der Waals surface area contributed by atoms with Crippen LogP contribution in [0.3, 0.4) is 0 Å². The first-order valence-electron chi connectivity index (χ1n) is 6.71. The lowest BCUT2D eigenvalue weighted by atomic mass is 9.95. The summed E-state index contributed by atoms with van der Waals surface area (Å²) in [6.07, 6.45) is 0.544. The predicted molar refractivity (Wildman–Crippen MR) is 72.2 cm³/mol. The van der Waals surface area contributed by atoms with Gasteiger partial charge in [-0.15, -0.1) is 0 Å². The molecule has 1 aromatic rings. The molecular weight excluding hydrogens is 229 g/mol. The van der Waals surface area contributed by atoms with Gasteiger partial charge in [0.25, 0.3) is 0 Å². The summed E-state index contributed by atoms with van der Waals surface area (Å²) in [5.74, 6) is 1.08. The molecule has 3 heteroatoms. The SMILES string of the molecule is CC(O)c1cc(F)ccc1N1CCC(C(C)C)C1. The molecular formula is C15H22FNO. The molecule has 0 spiro atoms. The Kier molecular flexibility index (Phi) is 3.91. The molecule has 1 N–H and O–H groups in total. The fraction of sp³-hybridized carbons (Fsp3) is 0.600. The molecule has 1 heterocycles. The van der Waals surface area contributed by atoms with Gasteiger partial charge in [-0.2, -0.15) is 0 Å². The zero-order valence-corrected chi connectivity index (χ0v) is 11.4. The first-order valence-corrected chi connectivity index (χ1v) is 6.71. The van der Waals surface area contributed by atoms with Gasteiger partial charge in [-0.1, -0.05) is 13.8 Å². The second kappa shape index (κ2) is 5.27. The number of aliphatic hydroxyl groups excluding tert-OH is 1. The maximum absolute atomic E-state index is 13.3. The highest BCUT2D eigenvalue weighted by atomic mass is 19.1. The quantitative estimate of drug-likeness (QED) is 0.890. The van der Waals surface area contributed by atoms with Gasteiger partial charge in [0.1, 0.15) is 5.82 Å². The van der Waals surface area contributed by atoms with Crippen LogP contribution in [0.5, 0.6) is 0 Å². The monoisotopic (exact) mass is 251 g/mol. The largest absolute Gasteiger partial charge is 0.389 e. The lowest BCUT2D eigenvalue weighted by Gasteiger charge is -2.24. The lowest BCUT2D eigenvalue weighted by molar-refractivity contribution is 0.199. The fourth-order valence-electron chi connectivity index (χ4n) is 2.70. The molecule has 0 aromatic heterocycles. The van der Waals surface area contributed by atoms with E-state index in [-0.39, 0.29) is 5.82 Å². The number of halogens is 1. The Morgan fingerprint density at radius 2 is 2.06 bits per heavy atom. The maximum atomic E-state index is 13.3. The number of nitrogens with zero attached hydrogens (tertiary/aromatic N) is 1. The van der Waals surface area contributed by atoms with E-state index in [2.05, 4.69) is 18.7 Å². The van der Waals surface area contributed by atoms with Crippen LogP contribution in [0, 0.1) is 17.7 Å². The summed E-state index contributed by atoms with van der Waals surface area (Å²) in [6, 6.07) is 4.71. The van der Waals surface area contributed by atoms with Gasteiger partial charge >= 0.3 is 0 Å². The van der Waals surface area contributed by atoms with Crippen LogP contribution >= 0.6 is 0 Å². The van der Waals surface area contributed by atoms with Crippen LogP contribution in [-0.2, 0) is 0 Å². The standard InChI is InChI=1S/C15H22FNO/c1-10(2)12-6-7-17(9-12)15-5-4-13(16)8-14(15)11(3)18/h4-5,8,10-12,18H,6-7,9H2,1-3H3. The van der Waals surface area contributed by atoms with Gasteiger partial charge in [0.15, 0.2) is 0 Å². The lowest BCUT2D eigenvalue weighted by Crippen LogP contribution is -2.22. The Balaban J connectivity index is 2.24. The van der Waals surface area contributed by atoms with Gasteiger partial charge in [0.05, 0.1) is 6.10 Å². The van der Waals surface area contributed by atoms with Crippen molar-refractivity contribution < 1.29 is 9.50 Å². The topological polar surface area (TPSA) is 23.5 Å². The molecule has 2 nitrogen and oxygen atoms in total. The summed E-state index contributed by atoms with van der Waals surface area (Å²) >= 11 is 0. The molecule has 18 heavy (non-hydrogen) atoms. The Morgan fingerprint density at radius 3 is 2.61 bits per heavy atom. The predicted octanol–water partition coefficient (Wildman–Crippen LogP) is 3.36. The molecule has 0 bridgehead atoms. The van der Waals surface area contributed by atoms with Crippen LogP contribution < -0.4 is 4.90 Å². The summed E-state index contributed by atoms with van der Waals surface area (Å²) in [7, 11) is 0. The molecule has 1 aromatic carbocycles. The molecule has 1 fully saturated rings. The van der Waals surface area contributed by atoms with Crippen molar-refractivity contribution in [2.24, 2.45) is 11.8 Å². The Morgan fingerprint density at radius 1 is 1.33 bits per heavy atom. The van der Waals surface area contributed by atoms with E-state index < -0.39 is 6.10 Å². The van der Waals surface area contributed by atoms with Crippen molar-refractivity contribution in [3.8, 4) is 0 Å². The van der Waals surface area contributed by atoms with Crippen LogP contribution in [0.15, 0.2) is 18.2 Å². The second-order valence-corrected chi connectivity index (χ2v) is 5.62. The third-order valence-electron chi connectivity index (χ3n) is 3.95. The molecule has 100 valence electrons. The third kappa shape index (κ3) is 2.66. The smallest absolute Gasteiger partial charge is 0.123 e. The highest BCUT2D eigenvalue weighted by Gasteiger charge is 2.27. The Hall–Kier alpha value is -1.09. The number of aliphatic hydroxyl groups is 1. The molecule has 0 aliphatic carbocycles. The molecule has 2 rings (SSSR count). The minimum atomic E-state index is -0.631. The molecule has 1 aliphatic rings. The highest BCUT2D eigenvalue weighted by molar-refractivity contribution is 5.55. The van der Waals surface area contributed by atoms with E-state index in [9.17, 15) is 9.50 Å². The van der Waals surface area contributed by atoms with E-state index in [1.54, 1.807) is 13.0 Å². The van der Waals surface area contributed by atoms with Crippen molar-refractivity contribution >= 4 is 5.69 Å². The second-order valence-electron chi connectivity index (χ2n) is 5.62. The first-order chi connectivity index (χ1) is 8.49. The van der Waals surface area contributed by atoms with E-state index in [1.165, 1.54) is 18.6 Å². The minimum Gasteiger partial charge on any atom is -0.389 e. The van der Waals surface area contributed by atoms with E-state index in [4.69, 9.17) is 0 Å². The molecule has 0 amide bonds. The van der Waals surface area contributed by atoms with Gasteiger partial charge in [-0.25, -0.2) is 4.39 Å². The number of benzene rings is 1. The van der Waals surface area contributed by atoms with Crippen molar-refractivity contribution in [2.45, 2.75) is 33.3 Å². The fourth-order valence-corrected chi connectivity index (χ4v) is 2.70. The van der Waals surface area contributed by atoms with Gasteiger partial charge in [-0.05, 0) is 43.4 Å². The third-order valence-corrected chi connectivity index (χ3v) is 3.95. The van der Waals surface area contributed by atoms with Crippen LogP contribution in [0.4, 0.5) is 10.1 Å². The van der Waals surface area contributed by atoms with Crippen LogP contribution in [0.2, 0.25) is 0 Å². The van der Waals surface area contributed by atoms with Crippen molar-refractivity contribution in [3.05, 3.63) is 29.6 Å². The Bertz CT molecular complexity index is 417. The van der Waals surface area contributed by atoms with E-state index in [0.717, 1.165) is 18.8 Å². The Labute approximate surface area is 108 Å². The van der Waals surface area contributed by atoms with Crippen molar-refractivity contribution in [3.63, 3.8) is 0 Å². The van der Waals surface area contributed by atoms with Gasteiger partial charge in [-0.3, -0.25) is 0 Å². The summed E-state index contributed by atoms with van der Waals surface area (Å²) in [4.78, 5) is 2.27. The van der Waals surface area contributed by atoms with Crippen LogP contribution in [0.25, 0.3) is 0 Å². The molecule has 0 saturated carbocycles. The number of anilines is 1. The van der Waals surface area contributed by atoms with Gasteiger partial charge in [0.2, 0.25) is 0 Å². The average Bonchev–Trinajstić information content (AvgIpc) is 2.78. The number of rotatable bonds is 3. The zero-order valence-electron chi connectivity index (χ0n) is 11.4. The summed E-state index contributed by atoms with van der Waals surface area (Å²) < 4.78 is 13.3. The molecule has 2 atom stereocenters. The highest BCUT2D eigenvalue weighted by Crippen LogP contribution is 2.33. The maximum Gasteiger partial charge on any atom is 0.123 e. The first kappa shape index (κ1) is 13.3. The normalized spacial score (nSPS) is 21.7. The van der Waals surface area contributed by atoms with Crippen molar-refractivity contribution in [1.82, 2.24) is 0 Å². The number of hydrogen-bond donors (Lipinski definition) is 1. The minimum absolute atomic E-state index is 0.283.